The minimum atomic E-state index is -0.262. The van der Waals surface area contributed by atoms with Crippen LogP contribution in [0.1, 0.15) is 22.9 Å². The molecule has 4 aromatic rings. The fourth-order valence-corrected chi connectivity index (χ4v) is 3.93. The Balaban J connectivity index is 1.22. The minimum absolute atomic E-state index is 0.0672. The van der Waals surface area contributed by atoms with Crippen molar-refractivity contribution in [2.75, 3.05) is 13.2 Å². The number of aromatic hydroxyl groups is 1. The van der Waals surface area contributed by atoms with Crippen LogP contribution in [0.15, 0.2) is 82.9 Å². The highest BCUT2D eigenvalue weighted by molar-refractivity contribution is 7.09. The number of thiazole rings is 1. The van der Waals surface area contributed by atoms with Gasteiger partial charge in [-0.05, 0) is 42.3 Å². The van der Waals surface area contributed by atoms with E-state index in [1.807, 2.05) is 73.7 Å². The lowest BCUT2D eigenvalue weighted by molar-refractivity contribution is 0.107. The Labute approximate surface area is 195 Å². The summed E-state index contributed by atoms with van der Waals surface area (Å²) in [6, 6.07) is 21.4. The molecule has 7 nitrogen and oxygen atoms in total. The zero-order chi connectivity index (χ0) is 23.0. The van der Waals surface area contributed by atoms with E-state index in [0.717, 1.165) is 39.4 Å². The maximum absolute atomic E-state index is 11.3. The van der Waals surface area contributed by atoms with E-state index >= 15 is 0 Å². The van der Waals surface area contributed by atoms with E-state index < -0.39 is 0 Å². The van der Waals surface area contributed by atoms with Crippen LogP contribution in [0.25, 0.3) is 11.3 Å². The highest BCUT2D eigenvalue weighted by Crippen LogP contribution is 2.22. The van der Waals surface area contributed by atoms with Gasteiger partial charge < -0.3 is 14.7 Å². The van der Waals surface area contributed by atoms with Gasteiger partial charge in [0.2, 0.25) is 5.88 Å². The number of H-pyrrole nitrogens is 1. The van der Waals surface area contributed by atoms with Crippen LogP contribution in [0.5, 0.6) is 11.6 Å². The van der Waals surface area contributed by atoms with Gasteiger partial charge in [-0.2, -0.15) is 0 Å². The zero-order valence-corrected chi connectivity index (χ0v) is 18.8. The molecule has 0 amide bonds. The van der Waals surface area contributed by atoms with Gasteiger partial charge in [0.05, 0.1) is 16.3 Å². The number of ether oxygens (including phenoxy) is 1. The summed E-state index contributed by atoms with van der Waals surface area (Å²) in [6.45, 7) is 2.57. The topological polar surface area (TPSA) is 96.8 Å². The number of benzene rings is 2. The first kappa shape index (κ1) is 22.3. The second-order valence-corrected chi connectivity index (χ2v) is 8.33. The molecule has 0 spiro atoms. The highest BCUT2D eigenvalue weighted by atomic mass is 32.1. The Hall–Kier alpha value is -3.91. The molecule has 0 aliphatic heterocycles. The van der Waals surface area contributed by atoms with Crippen molar-refractivity contribution < 1.29 is 14.7 Å². The maximum atomic E-state index is 11.3. The van der Waals surface area contributed by atoms with E-state index in [9.17, 15) is 9.90 Å². The van der Waals surface area contributed by atoms with Crippen LogP contribution in [-0.2, 0) is 11.3 Å². The third-order valence-electron chi connectivity index (χ3n) is 4.90. The molecule has 2 heterocycles. The molecular formula is C25H23N3O4S. The van der Waals surface area contributed by atoms with Gasteiger partial charge in [-0.25, -0.2) is 0 Å². The van der Waals surface area contributed by atoms with Gasteiger partial charge >= 0.3 is 4.87 Å². The standard InChI is InChI=1S/C25H23N3O4S/c1-17(19-7-9-20(10-8-19)22-4-2-3-13-26-22)28-32-15-14-31-21-11-5-18(6-12-21)16-23-24(29)27-25(30)33-23/h2-13,29H,14-16H2,1H3,(H,27,30)/b28-17+. The van der Waals surface area contributed by atoms with Crippen molar-refractivity contribution in [1.29, 1.82) is 0 Å². The number of hydrogen-bond acceptors (Lipinski definition) is 7. The van der Waals surface area contributed by atoms with Crippen LogP contribution >= 0.6 is 11.3 Å². The lowest BCUT2D eigenvalue weighted by Crippen LogP contribution is -2.05. The molecule has 0 aliphatic carbocycles. The Morgan fingerprint density at radius 1 is 1.06 bits per heavy atom. The van der Waals surface area contributed by atoms with E-state index in [0.29, 0.717) is 30.3 Å². The normalized spacial score (nSPS) is 11.4. The summed E-state index contributed by atoms with van der Waals surface area (Å²) in [5.74, 6) is 0.641. The summed E-state index contributed by atoms with van der Waals surface area (Å²) in [4.78, 5) is 23.8. The summed E-state index contributed by atoms with van der Waals surface area (Å²) in [6.07, 6.45) is 2.26. The molecule has 2 aromatic carbocycles. The molecule has 0 bridgehead atoms. The van der Waals surface area contributed by atoms with Crippen LogP contribution in [-0.4, -0.2) is 34.0 Å². The van der Waals surface area contributed by atoms with Crippen molar-refractivity contribution in [3.8, 4) is 22.9 Å². The molecule has 2 N–H and O–H groups in total. The van der Waals surface area contributed by atoms with Crippen molar-refractivity contribution in [3.05, 3.63) is 98.6 Å². The number of nitrogens with zero attached hydrogens (tertiary/aromatic N) is 2. The predicted molar refractivity (Wildman–Crippen MR) is 129 cm³/mol. The molecule has 4 rings (SSSR count). The largest absolute Gasteiger partial charge is 0.494 e. The first-order valence-electron chi connectivity index (χ1n) is 10.4. The van der Waals surface area contributed by atoms with Crippen molar-refractivity contribution in [2.24, 2.45) is 5.16 Å². The molecule has 0 aliphatic rings. The second kappa shape index (κ2) is 10.6. The third-order valence-corrected chi connectivity index (χ3v) is 5.77. The molecule has 33 heavy (non-hydrogen) atoms. The maximum Gasteiger partial charge on any atom is 0.307 e. The Kier molecular flexibility index (Phi) is 7.16. The minimum Gasteiger partial charge on any atom is -0.494 e. The van der Waals surface area contributed by atoms with E-state index in [1.54, 1.807) is 6.20 Å². The van der Waals surface area contributed by atoms with Gasteiger partial charge in [-0.15, -0.1) is 0 Å². The first-order chi connectivity index (χ1) is 16.1. The number of rotatable bonds is 9. The van der Waals surface area contributed by atoms with Gasteiger partial charge in [0.25, 0.3) is 0 Å². The number of pyridine rings is 1. The molecule has 0 radical (unpaired) electrons. The fourth-order valence-electron chi connectivity index (χ4n) is 3.17. The van der Waals surface area contributed by atoms with Crippen LogP contribution in [0, 0.1) is 0 Å². The molecule has 0 saturated heterocycles. The Bertz CT molecular complexity index is 1260. The summed E-state index contributed by atoms with van der Waals surface area (Å²) < 4.78 is 5.69. The highest BCUT2D eigenvalue weighted by Gasteiger charge is 2.08. The average Bonchev–Trinajstić information content (AvgIpc) is 3.16. The van der Waals surface area contributed by atoms with Crippen LogP contribution in [0.2, 0.25) is 0 Å². The zero-order valence-electron chi connectivity index (χ0n) is 18.0. The third kappa shape index (κ3) is 6.08. The van der Waals surface area contributed by atoms with Crippen molar-refractivity contribution >= 4 is 17.0 Å². The van der Waals surface area contributed by atoms with Gasteiger partial charge in [0, 0.05) is 18.2 Å². The average molecular weight is 462 g/mol. The molecule has 168 valence electrons. The quantitative estimate of drug-likeness (QED) is 0.215. The Morgan fingerprint density at radius 2 is 1.85 bits per heavy atom. The van der Waals surface area contributed by atoms with E-state index in [1.165, 1.54) is 0 Å². The van der Waals surface area contributed by atoms with E-state index in [2.05, 4.69) is 15.1 Å². The van der Waals surface area contributed by atoms with Gasteiger partial charge in [0.15, 0.2) is 6.61 Å². The van der Waals surface area contributed by atoms with Gasteiger partial charge in [0.1, 0.15) is 12.4 Å². The molecule has 0 fully saturated rings. The molecule has 8 heteroatoms. The number of aromatic nitrogens is 2. The summed E-state index contributed by atoms with van der Waals surface area (Å²) in [5.41, 5.74) is 4.71. The number of aromatic amines is 1. The summed E-state index contributed by atoms with van der Waals surface area (Å²) in [5, 5.41) is 13.9. The lowest BCUT2D eigenvalue weighted by atomic mass is 10.1. The number of nitrogens with one attached hydrogen (secondary N) is 1. The van der Waals surface area contributed by atoms with Gasteiger partial charge in [-0.3, -0.25) is 14.8 Å². The predicted octanol–water partition coefficient (Wildman–Crippen LogP) is 4.61. The lowest BCUT2D eigenvalue weighted by Gasteiger charge is -2.07. The monoisotopic (exact) mass is 461 g/mol. The van der Waals surface area contributed by atoms with Crippen LogP contribution in [0.3, 0.4) is 0 Å². The summed E-state index contributed by atoms with van der Waals surface area (Å²) >= 11 is 1.01. The molecule has 2 aromatic heterocycles. The van der Waals surface area contributed by atoms with Crippen molar-refractivity contribution in [2.45, 2.75) is 13.3 Å². The van der Waals surface area contributed by atoms with Crippen LogP contribution < -0.4 is 9.61 Å². The molecule has 0 saturated carbocycles. The molecule has 0 unspecified atom stereocenters. The summed E-state index contributed by atoms with van der Waals surface area (Å²) in [7, 11) is 0. The fraction of sp³-hybridized carbons (Fsp3) is 0.160. The number of oxime groups is 1. The van der Waals surface area contributed by atoms with E-state index in [-0.39, 0.29) is 10.8 Å². The molecular weight excluding hydrogens is 438 g/mol. The molecule has 0 atom stereocenters. The first-order valence-corrected chi connectivity index (χ1v) is 11.2. The van der Waals surface area contributed by atoms with Gasteiger partial charge in [-0.1, -0.05) is 59.0 Å². The van der Waals surface area contributed by atoms with E-state index in [4.69, 9.17) is 9.57 Å². The second-order valence-electron chi connectivity index (χ2n) is 7.26. The smallest absolute Gasteiger partial charge is 0.307 e. The SMILES string of the molecule is C/C(=N\OCCOc1ccc(Cc2sc(=O)[nH]c2O)cc1)c1ccc(-c2ccccn2)cc1. The Morgan fingerprint density at radius 3 is 2.52 bits per heavy atom. The van der Waals surface area contributed by atoms with Crippen molar-refractivity contribution in [1.82, 2.24) is 9.97 Å². The van der Waals surface area contributed by atoms with Crippen LogP contribution in [0.4, 0.5) is 0 Å². The number of hydrogen-bond donors (Lipinski definition) is 2. The van der Waals surface area contributed by atoms with Crippen molar-refractivity contribution in [3.63, 3.8) is 0 Å².